The van der Waals surface area contributed by atoms with E-state index in [1.807, 2.05) is 0 Å². The summed E-state index contributed by atoms with van der Waals surface area (Å²) in [5, 5.41) is 7.16. The number of hydrogen-bond acceptors (Lipinski definition) is 3. The van der Waals surface area contributed by atoms with Gasteiger partial charge in [0, 0.05) is 0 Å². The van der Waals surface area contributed by atoms with Crippen LogP contribution in [0.5, 0.6) is 0 Å². The molecule has 0 aromatic heterocycles. The van der Waals surface area contributed by atoms with Crippen LogP contribution >= 0.6 is 0 Å². The minimum atomic E-state index is -3.68. The van der Waals surface area contributed by atoms with Crippen molar-refractivity contribution in [2.24, 2.45) is 0 Å². The van der Waals surface area contributed by atoms with Crippen LogP contribution in [-0.4, -0.2) is 29.7 Å². The van der Waals surface area contributed by atoms with E-state index < -0.39 is 21.0 Å². The number of rotatable bonds is 1. The van der Waals surface area contributed by atoms with E-state index in [4.69, 9.17) is 11.7 Å². The minimum absolute atomic E-state index is 2.93. The second-order valence-corrected chi connectivity index (χ2v) is 2.14. The molecule has 2 N–H and O–H groups in total. The molecule has 0 aromatic rings. The van der Waals surface area contributed by atoms with E-state index in [9.17, 15) is 0 Å². The first-order valence-corrected chi connectivity index (χ1v) is 3.97. The Kier molecular flexibility index (Phi) is 2.99. The van der Waals surface area contributed by atoms with Gasteiger partial charge in [-0.15, -0.1) is 0 Å². The second kappa shape index (κ2) is 2.72. The van der Waals surface area contributed by atoms with Gasteiger partial charge in [-0.1, -0.05) is 0 Å². The SMILES string of the molecule is [O]=[Sb]([OH])[O]O. The summed E-state index contributed by atoms with van der Waals surface area (Å²) in [6, 6.07) is 0. The molecule has 5 heteroatoms. The van der Waals surface area contributed by atoms with Crippen molar-refractivity contribution in [3.63, 3.8) is 0 Å². The predicted octanol–water partition coefficient (Wildman–Crippen LogP) is -1.12. The van der Waals surface area contributed by atoms with Gasteiger partial charge < -0.3 is 0 Å². The fourth-order valence-corrected chi connectivity index (χ4v) is 0. The van der Waals surface area contributed by atoms with Gasteiger partial charge in [0.05, 0.1) is 0 Å². The van der Waals surface area contributed by atoms with Gasteiger partial charge in [0.15, 0.2) is 0 Å². The Morgan fingerprint density at radius 1 is 1.80 bits per heavy atom. The monoisotopic (exact) mass is 187 g/mol. The number of hydrogen-bond donors (Lipinski definition) is 2. The van der Waals surface area contributed by atoms with Crippen LogP contribution in [0.25, 0.3) is 0 Å². The summed E-state index contributed by atoms with van der Waals surface area (Å²) in [5.41, 5.74) is 0. The van der Waals surface area contributed by atoms with Crippen LogP contribution in [0, 0.1) is 0 Å². The molecule has 0 aromatic carbocycles. The van der Waals surface area contributed by atoms with Crippen molar-refractivity contribution in [2.45, 2.75) is 0 Å². The van der Waals surface area contributed by atoms with E-state index in [0.29, 0.717) is 0 Å². The van der Waals surface area contributed by atoms with Crippen LogP contribution in [0.4, 0.5) is 0 Å². The van der Waals surface area contributed by atoms with Crippen molar-refractivity contribution in [3.8, 4) is 0 Å². The third kappa shape index (κ3) is 4.50. The first kappa shape index (κ1) is 5.50. The van der Waals surface area contributed by atoms with Gasteiger partial charge in [0.2, 0.25) is 0 Å². The molecule has 0 saturated carbocycles. The Morgan fingerprint density at radius 2 is 2.00 bits per heavy atom. The molecular formula is H2O4Sb. The molecule has 0 amide bonds. The molecule has 0 saturated heterocycles. The van der Waals surface area contributed by atoms with Gasteiger partial charge in [-0.2, -0.15) is 0 Å². The first-order chi connectivity index (χ1) is 2.27. The van der Waals surface area contributed by atoms with Crippen LogP contribution in [0.15, 0.2) is 0 Å². The zero-order valence-electron chi connectivity index (χ0n) is 2.16. The van der Waals surface area contributed by atoms with Crippen LogP contribution < -0.4 is 0 Å². The molecule has 0 aliphatic heterocycles. The summed E-state index contributed by atoms with van der Waals surface area (Å²) in [4.78, 5) is 0. The van der Waals surface area contributed by atoms with Crippen molar-refractivity contribution in [3.05, 3.63) is 0 Å². The van der Waals surface area contributed by atoms with Gasteiger partial charge in [-0.05, 0) is 0 Å². The van der Waals surface area contributed by atoms with Crippen molar-refractivity contribution in [1.29, 1.82) is 0 Å². The van der Waals surface area contributed by atoms with Gasteiger partial charge in [0.1, 0.15) is 0 Å². The van der Waals surface area contributed by atoms with Gasteiger partial charge in [-0.3, -0.25) is 0 Å². The molecule has 0 heterocycles. The zero-order chi connectivity index (χ0) is 4.28. The Morgan fingerprint density at radius 3 is 2.00 bits per heavy atom. The van der Waals surface area contributed by atoms with Crippen LogP contribution in [-0.2, 0) is 6.18 Å². The fourth-order valence-electron chi connectivity index (χ4n) is 0. The molecule has 4 nitrogen and oxygen atoms in total. The molecule has 31 valence electrons. The summed E-state index contributed by atoms with van der Waals surface area (Å²) in [6.45, 7) is 0. The molecule has 0 aliphatic carbocycles. The molecule has 1 radical (unpaired) electrons. The average molecular weight is 188 g/mol. The normalized spacial score (nSPS) is 7.60. The van der Waals surface area contributed by atoms with E-state index in [0.717, 1.165) is 0 Å². The van der Waals surface area contributed by atoms with Crippen molar-refractivity contribution in [1.82, 2.24) is 0 Å². The second-order valence-electron chi connectivity index (χ2n) is 0.319. The summed E-state index contributed by atoms with van der Waals surface area (Å²) in [5.74, 6) is 0. The molecule has 0 atom stereocenters. The van der Waals surface area contributed by atoms with Crippen LogP contribution in [0.3, 0.4) is 0 Å². The van der Waals surface area contributed by atoms with E-state index in [1.165, 1.54) is 0 Å². The molecule has 0 rings (SSSR count). The Labute approximate surface area is 36.4 Å². The fraction of sp³-hybridized carbons (Fsp3) is 0. The Balaban J connectivity index is 2.85. The van der Waals surface area contributed by atoms with Gasteiger partial charge >= 0.3 is 35.9 Å². The van der Waals surface area contributed by atoms with E-state index >= 15 is 0 Å². The molecule has 0 unspecified atom stereocenters. The first-order valence-electron chi connectivity index (χ1n) is 0.748. The summed E-state index contributed by atoms with van der Waals surface area (Å²) < 4.78 is 19.6. The summed E-state index contributed by atoms with van der Waals surface area (Å²) in [7, 11) is 0. The maximum atomic E-state index is 9.16. The zero-order valence-corrected chi connectivity index (χ0v) is 4.71. The van der Waals surface area contributed by atoms with Crippen molar-refractivity contribution in [2.75, 3.05) is 0 Å². The maximum absolute atomic E-state index is 9.16. The Bertz CT molecular complexity index is 38.9. The van der Waals surface area contributed by atoms with Crippen molar-refractivity contribution < 1.29 is 14.8 Å². The molecular weight excluding hydrogens is 186 g/mol. The predicted molar refractivity (Wildman–Crippen MR) is 12.4 cm³/mol. The molecule has 0 aliphatic rings. The van der Waals surface area contributed by atoms with E-state index in [2.05, 4.69) is 3.17 Å². The molecule has 0 bridgehead atoms. The van der Waals surface area contributed by atoms with E-state index in [1.54, 1.807) is 0 Å². The standard InChI is InChI=1S/H2O2.H2O.O.Sb/c1-2;;;/h1-2H;1H2;;/q;;;+2/p-2. The van der Waals surface area contributed by atoms with Gasteiger partial charge in [0.25, 0.3) is 0 Å². The Hall–Kier alpha value is 0.498. The summed E-state index contributed by atoms with van der Waals surface area (Å²) >= 11 is -3.68. The van der Waals surface area contributed by atoms with E-state index in [-0.39, 0.29) is 0 Å². The average Bonchev–Trinajstić information content (AvgIpc) is 1.38. The van der Waals surface area contributed by atoms with Crippen LogP contribution in [0.2, 0.25) is 0 Å². The van der Waals surface area contributed by atoms with Gasteiger partial charge in [-0.25, -0.2) is 0 Å². The molecule has 0 fully saturated rings. The topological polar surface area (TPSA) is 66.8 Å². The third-order valence-electron chi connectivity index (χ3n) is 0.0698. The molecule has 0 spiro atoms. The quantitative estimate of drug-likeness (QED) is 0.310. The summed E-state index contributed by atoms with van der Waals surface area (Å²) in [6.07, 6.45) is 0. The van der Waals surface area contributed by atoms with Crippen LogP contribution in [0.1, 0.15) is 0 Å². The van der Waals surface area contributed by atoms with Crippen molar-refractivity contribution >= 4 is 21.0 Å². The molecule has 5 heavy (non-hydrogen) atoms. The third-order valence-corrected chi connectivity index (χ3v) is 0.469.